The lowest BCUT2D eigenvalue weighted by Gasteiger charge is -2.17. The Kier molecular flexibility index (Phi) is 5.69. The van der Waals surface area contributed by atoms with Crippen molar-refractivity contribution in [2.45, 2.75) is 64.5 Å². The molecule has 88 valence electrons. The second-order valence-electron chi connectivity index (χ2n) is 4.46. The lowest BCUT2D eigenvalue weighted by atomic mass is 10.1. The Morgan fingerprint density at radius 1 is 1.53 bits per heavy atom. The fourth-order valence-electron chi connectivity index (χ4n) is 2.17. The highest BCUT2D eigenvalue weighted by Crippen LogP contribution is 2.09. The van der Waals surface area contributed by atoms with Gasteiger partial charge in [0.25, 0.3) is 0 Å². The molecule has 0 radical (unpaired) electrons. The quantitative estimate of drug-likeness (QED) is 0.705. The van der Waals surface area contributed by atoms with Gasteiger partial charge in [0.15, 0.2) is 0 Å². The van der Waals surface area contributed by atoms with E-state index in [0.29, 0.717) is 18.5 Å². The summed E-state index contributed by atoms with van der Waals surface area (Å²) in [5.41, 5.74) is 0. The second kappa shape index (κ2) is 6.83. The van der Waals surface area contributed by atoms with E-state index in [1.807, 2.05) is 0 Å². The molecule has 0 spiro atoms. The van der Waals surface area contributed by atoms with Gasteiger partial charge in [-0.15, -0.1) is 0 Å². The third-order valence-electron chi connectivity index (χ3n) is 3.09. The lowest BCUT2D eigenvalue weighted by molar-refractivity contribution is -0.122. The highest BCUT2D eigenvalue weighted by atomic mass is 16.1. The minimum atomic E-state index is 0.217. The second-order valence-corrected chi connectivity index (χ2v) is 4.46. The molecule has 3 heteroatoms. The summed E-state index contributed by atoms with van der Waals surface area (Å²) >= 11 is 0. The van der Waals surface area contributed by atoms with E-state index in [4.69, 9.17) is 0 Å². The van der Waals surface area contributed by atoms with Crippen molar-refractivity contribution in [2.24, 2.45) is 0 Å². The van der Waals surface area contributed by atoms with Gasteiger partial charge >= 0.3 is 0 Å². The van der Waals surface area contributed by atoms with Gasteiger partial charge in [-0.3, -0.25) is 4.79 Å². The summed E-state index contributed by atoms with van der Waals surface area (Å²) < 4.78 is 0. The Balaban J connectivity index is 2.20. The summed E-state index contributed by atoms with van der Waals surface area (Å²) in [5, 5.41) is 6.47. The first-order chi connectivity index (χ1) is 7.26. The Morgan fingerprint density at radius 3 is 2.87 bits per heavy atom. The van der Waals surface area contributed by atoms with Crippen LogP contribution in [0.5, 0.6) is 0 Å². The average molecular weight is 212 g/mol. The SMILES string of the molecule is CCCC(CC)NC(=O)CC1CCCN1. The largest absolute Gasteiger partial charge is 0.353 e. The molecule has 2 atom stereocenters. The van der Waals surface area contributed by atoms with Crippen molar-refractivity contribution in [1.82, 2.24) is 10.6 Å². The van der Waals surface area contributed by atoms with Crippen LogP contribution in [0, 0.1) is 0 Å². The summed E-state index contributed by atoms with van der Waals surface area (Å²) in [5.74, 6) is 0.217. The zero-order chi connectivity index (χ0) is 11.1. The van der Waals surface area contributed by atoms with E-state index >= 15 is 0 Å². The minimum absolute atomic E-state index is 0.217. The van der Waals surface area contributed by atoms with Gasteiger partial charge in [-0.1, -0.05) is 20.3 Å². The number of nitrogens with one attached hydrogen (secondary N) is 2. The van der Waals surface area contributed by atoms with Gasteiger partial charge in [-0.05, 0) is 32.2 Å². The molecule has 0 aromatic carbocycles. The van der Waals surface area contributed by atoms with E-state index in [1.54, 1.807) is 0 Å². The van der Waals surface area contributed by atoms with E-state index in [0.717, 1.165) is 32.2 Å². The molecule has 1 fully saturated rings. The molecule has 1 amide bonds. The lowest BCUT2D eigenvalue weighted by Crippen LogP contribution is -2.37. The summed E-state index contributed by atoms with van der Waals surface area (Å²) in [6.07, 6.45) is 6.29. The van der Waals surface area contributed by atoms with Crippen molar-refractivity contribution < 1.29 is 4.79 Å². The van der Waals surface area contributed by atoms with Crippen LogP contribution in [0.4, 0.5) is 0 Å². The van der Waals surface area contributed by atoms with Crippen LogP contribution >= 0.6 is 0 Å². The Bertz CT molecular complexity index is 188. The molecule has 0 bridgehead atoms. The Morgan fingerprint density at radius 2 is 2.33 bits per heavy atom. The predicted molar refractivity (Wildman–Crippen MR) is 62.8 cm³/mol. The number of rotatable bonds is 6. The number of carbonyl (C=O) groups is 1. The first kappa shape index (κ1) is 12.5. The van der Waals surface area contributed by atoms with Crippen molar-refractivity contribution in [3.63, 3.8) is 0 Å². The van der Waals surface area contributed by atoms with Crippen LogP contribution in [-0.4, -0.2) is 24.5 Å². The van der Waals surface area contributed by atoms with Gasteiger partial charge in [-0.25, -0.2) is 0 Å². The fraction of sp³-hybridized carbons (Fsp3) is 0.917. The van der Waals surface area contributed by atoms with E-state index in [9.17, 15) is 4.79 Å². The van der Waals surface area contributed by atoms with Crippen LogP contribution in [0.25, 0.3) is 0 Å². The standard InChI is InChI=1S/C12H24N2O/c1-3-6-10(4-2)14-12(15)9-11-7-5-8-13-11/h10-11,13H,3-9H2,1-2H3,(H,14,15). The zero-order valence-corrected chi connectivity index (χ0v) is 10.0. The van der Waals surface area contributed by atoms with Gasteiger partial charge in [0, 0.05) is 18.5 Å². The fourth-order valence-corrected chi connectivity index (χ4v) is 2.17. The number of carbonyl (C=O) groups excluding carboxylic acids is 1. The molecule has 15 heavy (non-hydrogen) atoms. The van der Waals surface area contributed by atoms with Gasteiger partial charge < -0.3 is 10.6 Å². The van der Waals surface area contributed by atoms with Crippen molar-refractivity contribution in [1.29, 1.82) is 0 Å². The Hall–Kier alpha value is -0.570. The topological polar surface area (TPSA) is 41.1 Å². The van der Waals surface area contributed by atoms with Crippen molar-refractivity contribution in [3.05, 3.63) is 0 Å². The summed E-state index contributed by atoms with van der Waals surface area (Å²) in [6, 6.07) is 0.799. The maximum atomic E-state index is 11.7. The molecule has 1 heterocycles. The summed E-state index contributed by atoms with van der Waals surface area (Å²) in [6.45, 7) is 5.37. The van der Waals surface area contributed by atoms with Crippen LogP contribution in [0.15, 0.2) is 0 Å². The smallest absolute Gasteiger partial charge is 0.221 e. The molecular formula is C12H24N2O. The van der Waals surface area contributed by atoms with Crippen LogP contribution in [0.2, 0.25) is 0 Å². The van der Waals surface area contributed by atoms with Gasteiger partial charge in [0.05, 0.1) is 0 Å². The molecule has 3 nitrogen and oxygen atoms in total. The molecule has 2 N–H and O–H groups in total. The number of hydrogen-bond acceptors (Lipinski definition) is 2. The highest BCUT2D eigenvalue weighted by molar-refractivity contribution is 5.76. The molecular weight excluding hydrogens is 188 g/mol. The van der Waals surface area contributed by atoms with Crippen LogP contribution in [-0.2, 0) is 4.79 Å². The van der Waals surface area contributed by atoms with E-state index in [1.165, 1.54) is 6.42 Å². The third-order valence-corrected chi connectivity index (χ3v) is 3.09. The maximum absolute atomic E-state index is 11.7. The molecule has 0 aromatic rings. The molecule has 1 aliphatic rings. The monoisotopic (exact) mass is 212 g/mol. The summed E-state index contributed by atoms with van der Waals surface area (Å²) in [7, 11) is 0. The molecule has 0 saturated carbocycles. The molecule has 2 unspecified atom stereocenters. The van der Waals surface area contributed by atoms with Crippen molar-refractivity contribution >= 4 is 5.91 Å². The molecule has 1 aliphatic heterocycles. The van der Waals surface area contributed by atoms with Crippen LogP contribution in [0.1, 0.15) is 52.4 Å². The Labute approximate surface area is 93.0 Å². The zero-order valence-electron chi connectivity index (χ0n) is 10.0. The van der Waals surface area contributed by atoms with Gasteiger partial charge in [0.2, 0.25) is 5.91 Å². The van der Waals surface area contributed by atoms with E-state index in [-0.39, 0.29) is 5.91 Å². The average Bonchev–Trinajstić information content (AvgIpc) is 2.69. The first-order valence-electron chi connectivity index (χ1n) is 6.29. The molecule has 0 aromatic heterocycles. The molecule has 1 saturated heterocycles. The predicted octanol–water partition coefficient (Wildman–Crippen LogP) is 1.82. The minimum Gasteiger partial charge on any atom is -0.353 e. The molecule has 1 rings (SSSR count). The molecule has 0 aliphatic carbocycles. The normalized spacial score (nSPS) is 22.7. The van der Waals surface area contributed by atoms with Crippen LogP contribution < -0.4 is 10.6 Å². The third kappa shape index (κ3) is 4.65. The van der Waals surface area contributed by atoms with Gasteiger partial charge in [0.1, 0.15) is 0 Å². The van der Waals surface area contributed by atoms with Crippen LogP contribution in [0.3, 0.4) is 0 Å². The van der Waals surface area contributed by atoms with E-state index < -0.39 is 0 Å². The first-order valence-corrected chi connectivity index (χ1v) is 6.29. The van der Waals surface area contributed by atoms with Crippen molar-refractivity contribution in [2.75, 3.05) is 6.54 Å². The highest BCUT2D eigenvalue weighted by Gasteiger charge is 2.18. The number of amides is 1. The summed E-state index contributed by atoms with van der Waals surface area (Å²) in [4.78, 5) is 11.7. The number of hydrogen-bond donors (Lipinski definition) is 2. The van der Waals surface area contributed by atoms with Gasteiger partial charge in [-0.2, -0.15) is 0 Å². The van der Waals surface area contributed by atoms with E-state index in [2.05, 4.69) is 24.5 Å². The maximum Gasteiger partial charge on any atom is 0.221 e. The van der Waals surface area contributed by atoms with Crippen molar-refractivity contribution in [3.8, 4) is 0 Å².